The molecule has 0 fully saturated rings. The minimum absolute atomic E-state index is 0.0158. The highest BCUT2D eigenvalue weighted by Crippen LogP contribution is 2.34. The maximum atomic E-state index is 13.3. The zero-order valence-electron chi connectivity index (χ0n) is 20.1. The van der Waals surface area contributed by atoms with E-state index in [2.05, 4.69) is 20.6 Å². The first-order valence-electron chi connectivity index (χ1n) is 11.8. The summed E-state index contributed by atoms with van der Waals surface area (Å²) in [6, 6.07) is 3.23. The van der Waals surface area contributed by atoms with Crippen molar-refractivity contribution in [2.45, 2.75) is 52.1 Å². The number of nitrogens with two attached hydrogens (primary N) is 1. The average Bonchev–Trinajstić information content (AvgIpc) is 3.31. The van der Waals surface area contributed by atoms with Gasteiger partial charge < -0.3 is 16.4 Å². The van der Waals surface area contributed by atoms with Gasteiger partial charge in [-0.15, -0.1) is 11.3 Å². The maximum Gasteiger partial charge on any atom is 0.277 e. The molecule has 182 valence electrons. The van der Waals surface area contributed by atoms with E-state index < -0.39 is 6.04 Å². The number of nitrogen functional groups attached to an aromatic ring is 1. The number of carbonyl (C=O) groups is 1. The summed E-state index contributed by atoms with van der Waals surface area (Å²) in [7, 11) is 0. The van der Waals surface area contributed by atoms with E-state index in [1.54, 1.807) is 23.7 Å². The minimum atomic E-state index is -0.594. The zero-order valence-corrected chi connectivity index (χ0v) is 20.9. The van der Waals surface area contributed by atoms with Crippen LogP contribution >= 0.6 is 11.3 Å². The van der Waals surface area contributed by atoms with Crippen molar-refractivity contribution < 1.29 is 4.79 Å². The molecule has 3 aromatic heterocycles. The molecule has 1 aliphatic carbocycles. The van der Waals surface area contributed by atoms with Crippen molar-refractivity contribution in [1.82, 2.24) is 19.9 Å². The molecule has 0 saturated heterocycles. The summed E-state index contributed by atoms with van der Waals surface area (Å²) >= 11 is 1.57. The van der Waals surface area contributed by atoms with Crippen LogP contribution in [0.4, 0.5) is 11.5 Å². The van der Waals surface area contributed by atoms with E-state index in [9.17, 15) is 9.59 Å². The third kappa shape index (κ3) is 5.19. The van der Waals surface area contributed by atoms with Crippen LogP contribution in [0.3, 0.4) is 0 Å². The summed E-state index contributed by atoms with van der Waals surface area (Å²) in [5.74, 6) is 0.942. The van der Waals surface area contributed by atoms with E-state index in [1.165, 1.54) is 4.57 Å². The van der Waals surface area contributed by atoms with Gasteiger partial charge in [-0.1, -0.05) is 45.1 Å². The number of thiophene rings is 1. The second-order valence-corrected chi connectivity index (χ2v) is 9.41. The minimum Gasteiger partial charge on any atom is -0.384 e. The molecule has 0 spiro atoms. The van der Waals surface area contributed by atoms with Crippen molar-refractivity contribution in [3.05, 3.63) is 81.7 Å². The first-order valence-corrected chi connectivity index (χ1v) is 12.6. The number of nitrogens with one attached hydrogen (secondary N) is 2. The van der Waals surface area contributed by atoms with Crippen LogP contribution in [0.15, 0.2) is 65.4 Å². The summed E-state index contributed by atoms with van der Waals surface area (Å²) in [6.45, 7) is 6.37. The molecule has 1 aliphatic heterocycles. The molecule has 35 heavy (non-hydrogen) atoms. The first kappa shape index (κ1) is 24.4. The van der Waals surface area contributed by atoms with Gasteiger partial charge in [0.05, 0.1) is 12.7 Å². The van der Waals surface area contributed by atoms with Crippen molar-refractivity contribution in [2.75, 3.05) is 11.1 Å². The van der Waals surface area contributed by atoms with E-state index in [0.717, 1.165) is 27.1 Å². The van der Waals surface area contributed by atoms with Gasteiger partial charge in [-0.2, -0.15) is 0 Å². The number of aromatic nitrogens is 3. The third-order valence-corrected chi connectivity index (χ3v) is 6.94. The number of rotatable bonds is 5. The summed E-state index contributed by atoms with van der Waals surface area (Å²) < 4.78 is 2.57. The third-order valence-electron chi connectivity index (χ3n) is 5.84. The highest BCUT2D eigenvalue weighted by atomic mass is 32.1. The van der Waals surface area contributed by atoms with E-state index in [4.69, 9.17) is 5.73 Å². The fraction of sp³-hybridized carbons (Fsp3) is 0.308. The topological polar surface area (TPSA) is 115 Å². The first-order chi connectivity index (χ1) is 17.0. The molecule has 2 aliphatic rings. The van der Waals surface area contributed by atoms with E-state index in [-0.39, 0.29) is 17.4 Å². The number of nitrogens with zero attached hydrogens (tertiary/aromatic N) is 3. The van der Waals surface area contributed by atoms with Crippen LogP contribution in [0.5, 0.6) is 0 Å². The zero-order chi connectivity index (χ0) is 24.9. The molecule has 9 heteroatoms. The fourth-order valence-corrected chi connectivity index (χ4v) is 5.24. The van der Waals surface area contributed by atoms with Gasteiger partial charge in [-0.25, -0.2) is 9.97 Å². The van der Waals surface area contributed by atoms with Crippen LogP contribution < -0.4 is 21.9 Å². The molecule has 3 aromatic rings. The molecular weight excluding hydrogens is 460 g/mol. The standard InChI is InChI=1S/C24H24N6O2S.C2H6/c1-14-8-19(23(31)28-12-17-9-15-11-26-21(25)10-20(15)33-17)30-22(14)27-13-18(24(30)32)29-16-6-4-2-3-5-7-16;1-2/h2-4,6-7,9-11,13-14,19,29H,5,8,12H2,1H3,(H2,25,26)(H,28,31);1-2H3. The molecular formula is C26H30N6O2S. The SMILES string of the molecule is CC.CC1CC(C(=O)NCc2cc3cnc(N)cc3s2)n2c1ncc(NC1=CCC=CC=C1)c2=O. The van der Waals surface area contributed by atoms with Gasteiger partial charge in [0.25, 0.3) is 5.56 Å². The van der Waals surface area contributed by atoms with Crippen molar-refractivity contribution >= 4 is 38.8 Å². The van der Waals surface area contributed by atoms with Gasteiger partial charge in [0, 0.05) is 32.8 Å². The number of hydrogen-bond donors (Lipinski definition) is 3. The second-order valence-electron chi connectivity index (χ2n) is 8.24. The van der Waals surface area contributed by atoms with Gasteiger partial charge in [0.15, 0.2) is 0 Å². The van der Waals surface area contributed by atoms with Crippen LogP contribution in [-0.2, 0) is 11.3 Å². The second kappa shape index (κ2) is 10.7. The van der Waals surface area contributed by atoms with Gasteiger partial charge in [0.1, 0.15) is 23.4 Å². The van der Waals surface area contributed by atoms with Crippen molar-refractivity contribution in [1.29, 1.82) is 0 Å². The Morgan fingerprint density at radius 3 is 2.89 bits per heavy atom. The van der Waals surface area contributed by atoms with E-state index in [1.807, 2.05) is 63.3 Å². The monoisotopic (exact) mass is 490 g/mol. The van der Waals surface area contributed by atoms with Crippen molar-refractivity contribution in [3.63, 3.8) is 0 Å². The Bertz CT molecular complexity index is 1380. The molecule has 0 saturated carbocycles. The lowest BCUT2D eigenvalue weighted by Crippen LogP contribution is -2.36. The largest absolute Gasteiger partial charge is 0.384 e. The highest BCUT2D eigenvalue weighted by Gasteiger charge is 2.35. The summed E-state index contributed by atoms with van der Waals surface area (Å²) in [5.41, 5.74) is 6.71. The normalized spacial score (nSPS) is 18.3. The molecule has 0 aromatic carbocycles. The summed E-state index contributed by atoms with van der Waals surface area (Å²) in [6.07, 6.45) is 14.4. The quantitative estimate of drug-likeness (QED) is 0.480. The number of allylic oxidation sites excluding steroid dienone is 5. The predicted octanol–water partition coefficient (Wildman–Crippen LogP) is 4.64. The number of carbonyl (C=O) groups excluding carboxylic acids is 1. The molecule has 4 heterocycles. The smallest absolute Gasteiger partial charge is 0.277 e. The summed E-state index contributed by atoms with van der Waals surface area (Å²) in [4.78, 5) is 36.0. The lowest BCUT2D eigenvalue weighted by molar-refractivity contribution is -0.124. The number of anilines is 2. The molecule has 8 nitrogen and oxygen atoms in total. The lowest BCUT2D eigenvalue weighted by Gasteiger charge is -2.15. The number of amides is 1. The molecule has 0 radical (unpaired) electrons. The Balaban J connectivity index is 0.00000141. The van der Waals surface area contributed by atoms with Crippen molar-refractivity contribution in [3.8, 4) is 0 Å². The van der Waals surface area contributed by atoms with Crippen molar-refractivity contribution in [2.24, 2.45) is 0 Å². The van der Waals surface area contributed by atoms with Crippen LogP contribution in [0.2, 0.25) is 0 Å². The Labute approximate surface area is 208 Å². The molecule has 0 bridgehead atoms. The Morgan fingerprint density at radius 2 is 2.06 bits per heavy atom. The van der Waals surface area contributed by atoms with E-state index in [0.29, 0.717) is 30.3 Å². The van der Waals surface area contributed by atoms with E-state index >= 15 is 0 Å². The Hall–Kier alpha value is -3.72. The van der Waals surface area contributed by atoms with Gasteiger partial charge in [-0.05, 0) is 31.1 Å². The lowest BCUT2D eigenvalue weighted by atomic mass is 10.1. The summed E-state index contributed by atoms with van der Waals surface area (Å²) in [5, 5.41) is 7.15. The van der Waals surface area contributed by atoms with Gasteiger partial charge in [-0.3, -0.25) is 14.2 Å². The number of fused-ring (bicyclic) bond motifs is 2. The maximum absolute atomic E-state index is 13.3. The Kier molecular flexibility index (Phi) is 7.45. The van der Waals surface area contributed by atoms with Crippen LogP contribution in [0, 0.1) is 0 Å². The van der Waals surface area contributed by atoms with Gasteiger partial charge in [0.2, 0.25) is 5.91 Å². The van der Waals surface area contributed by atoms with Crippen LogP contribution in [-0.4, -0.2) is 20.4 Å². The van der Waals surface area contributed by atoms with Crippen LogP contribution in [0.25, 0.3) is 10.1 Å². The number of hydrogen-bond acceptors (Lipinski definition) is 7. The average molecular weight is 491 g/mol. The Morgan fingerprint density at radius 1 is 1.23 bits per heavy atom. The fourth-order valence-electron chi connectivity index (χ4n) is 4.21. The molecule has 1 amide bonds. The molecule has 4 N–H and O–H groups in total. The predicted molar refractivity (Wildman–Crippen MR) is 142 cm³/mol. The highest BCUT2D eigenvalue weighted by molar-refractivity contribution is 7.19. The molecule has 2 unspecified atom stereocenters. The molecule has 2 atom stereocenters. The molecule has 5 rings (SSSR count). The van der Waals surface area contributed by atoms with Gasteiger partial charge >= 0.3 is 0 Å². The van der Waals surface area contributed by atoms with Crippen LogP contribution in [0.1, 0.15) is 56.3 Å². The number of pyridine rings is 1.